The third kappa shape index (κ3) is 4.74. The van der Waals surface area contributed by atoms with E-state index in [-0.39, 0.29) is 0 Å². The lowest BCUT2D eigenvalue weighted by atomic mass is 9.94. The van der Waals surface area contributed by atoms with E-state index in [2.05, 4.69) is 88.8 Å². The lowest BCUT2D eigenvalue weighted by molar-refractivity contribution is 1.07. The van der Waals surface area contributed by atoms with Crippen LogP contribution in [0.15, 0.2) is 146 Å². The van der Waals surface area contributed by atoms with Crippen LogP contribution in [0.4, 0.5) is 0 Å². The van der Waals surface area contributed by atoms with Gasteiger partial charge in [0.15, 0.2) is 17.5 Å². The van der Waals surface area contributed by atoms with Gasteiger partial charge in [-0.25, -0.2) is 19.9 Å². The van der Waals surface area contributed by atoms with Crippen LogP contribution >= 0.6 is 0 Å². The zero-order valence-electron chi connectivity index (χ0n) is 23.5. The van der Waals surface area contributed by atoms with Gasteiger partial charge in [-0.05, 0) is 64.4 Å². The number of rotatable bonds is 5. The summed E-state index contributed by atoms with van der Waals surface area (Å²) in [5.41, 5.74) is 7.58. The largest absolute Gasteiger partial charge is 0.264 e. The Labute approximate surface area is 253 Å². The number of nitrogens with zero attached hydrogens (tertiary/aromatic N) is 6. The highest BCUT2D eigenvalue weighted by atomic mass is 15.0. The monoisotopic (exact) mass is 564 g/mol. The van der Waals surface area contributed by atoms with Gasteiger partial charge in [0.05, 0.1) is 11.2 Å². The van der Waals surface area contributed by atoms with Crippen molar-refractivity contribution in [3.8, 4) is 56.5 Å². The number of fused-ring (bicyclic) bond motifs is 3. The molecular weight excluding hydrogens is 540 g/mol. The molecule has 8 rings (SSSR count). The predicted octanol–water partition coefficient (Wildman–Crippen LogP) is 8.70. The molecule has 4 heterocycles. The molecular formula is C38H24N6. The van der Waals surface area contributed by atoms with Gasteiger partial charge in [0.2, 0.25) is 0 Å². The summed E-state index contributed by atoms with van der Waals surface area (Å²) in [6.45, 7) is 0. The Hall–Kier alpha value is -6.14. The Morgan fingerprint density at radius 2 is 1.02 bits per heavy atom. The lowest BCUT2D eigenvalue weighted by Gasteiger charge is -2.13. The van der Waals surface area contributed by atoms with E-state index in [9.17, 15) is 0 Å². The maximum absolute atomic E-state index is 5.18. The molecule has 4 aromatic carbocycles. The first-order valence-corrected chi connectivity index (χ1v) is 14.4. The Morgan fingerprint density at radius 3 is 1.73 bits per heavy atom. The third-order valence-electron chi connectivity index (χ3n) is 7.67. The third-order valence-corrected chi connectivity index (χ3v) is 7.67. The number of hydrogen-bond donors (Lipinski definition) is 0. The summed E-state index contributed by atoms with van der Waals surface area (Å²) >= 11 is 0. The van der Waals surface area contributed by atoms with Crippen molar-refractivity contribution in [1.82, 2.24) is 29.9 Å². The zero-order chi connectivity index (χ0) is 29.3. The molecule has 0 saturated carbocycles. The van der Waals surface area contributed by atoms with Crippen LogP contribution in [0.25, 0.3) is 78.2 Å². The zero-order valence-corrected chi connectivity index (χ0v) is 23.5. The van der Waals surface area contributed by atoms with Crippen LogP contribution < -0.4 is 0 Å². The van der Waals surface area contributed by atoms with Crippen LogP contribution in [0.1, 0.15) is 0 Å². The standard InChI is InChI=1S/C38H24N6/c1-2-9-25(10-3-1)32-22-34(41-33-18-17-26-11-4-5-16-31(26)35(32)33)27-12-6-13-28(21-27)36-42-37(29-14-7-19-39-23-29)44-38(43-36)30-15-8-20-40-24-30/h1-24H. The van der Waals surface area contributed by atoms with E-state index in [1.54, 1.807) is 24.8 Å². The fraction of sp³-hybridized carbons (Fsp3) is 0. The Morgan fingerprint density at radius 1 is 0.409 bits per heavy atom. The van der Waals surface area contributed by atoms with E-state index in [0.717, 1.165) is 50.0 Å². The van der Waals surface area contributed by atoms with E-state index in [1.807, 2.05) is 42.5 Å². The highest BCUT2D eigenvalue weighted by molar-refractivity contribution is 6.13. The molecule has 0 radical (unpaired) electrons. The van der Waals surface area contributed by atoms with Crippen molar-refractivity contribution in [2.75, 3.05) is 0 Å². The van der Waals surface area contributed by atoms with Gasteiger partial charge < -0.3 is 0 Å². The Kier molecular flexibility index (Phi) is 6.35. The number of benzene rings is 4. The van der Waals surface area contributed by atoms with Crippen LogP contribution in [0, 0.1) is 0 Å². The molecule has 6 heteroatoms. The fourth-order valence-corrected chi connectivity index (χ4v) is 5.57. The average molecular weight is 565 g/mol. The fourth-order valence-electron chi connectivity index (χ4n) is 5.57. The molecule has 0 spiro atoms. The predicted molar refractivity (Wildman–Crippen MR) is 175 cm³/mol. The number of pyridine rings is 3. The van der Waals surface area contributed by atoms with Crippen LogP contribution in [0.3, 0.4) is 0 Å². The SMILES string of the molecule is c1ccc(-c2cc(-c3cccc(-c4nc(-c5cccnc5)nc(-c5cccnc5)n4)c3)nc3ccc4ccccc4c23)cc1. The minimum Gasteiger partial charge on any atom is -0.264 e. The molecule has 44 heavy (non-hydrogen) atoms. The van der Waals surface area contributed by atoms with Gasteiger partial charge in [0.25, 0.3) is 0 Å². The molecule has 0 unspecified atom stereocenters. The summed E-state index contributed by atoms with van der Waals surface area (Å²) in [6, 6.07) is 41.3. The Bertz CT molecular complexity index is 2210. The summed E-state index contributed by atoms with van der Waals surface area (Å²) in [5, 5.41) is 3.53. The second-order valence-electron chi connectivity index (χ2n) is 10.5. The minimum absolute atomic E-state index is 0.550. The van der Waals surface area contributed by atoms with Crippen LogP contribution in [-0.4, -0.2) is 29.9 Å². The highest BCUT2D eigenvalue weighted by Crippen LogP contribution is 2.37. The van der Waals surface area contributed by atoms with Gasteiger partial charge in [0.1, 0.15) is 0 Å². The van der Waals surface area contributed by atoms with E-state index in [1.165, 1.54) is 10.8 Å². The molecule has 0 bridgehead atoms. The van der Waals surface area contributed by atoms with Crippen molar-refractivity contribution < 1.29 is 0 Å². The van der Waals surface area contributed by atoms with Crippen LogP contribution in [0.2, 0.25) is 0 Å². The minimum atomic E-state index is 0.550. The molecule has 8 aromatic rings. The molecule has 0 N–H and O–H groups in total. The molecule has 0 aliphatic heterocycles. The molecule has 0 aliphatic rings. The molecule has 0 aliphatic carbocycles. The van der Waals surface area contributed by atoms with Gasteiger partial charge in [-0.15, -0.1) is 0 Å². The van der Waals surface area contributed by atoms with Crippen molar-refractivity contribution >= 4 is 21.7 Å². The summed E-state index contributed by atoms with van der Waals surface area (Å²) in [6.07, 6.45) is 6.99. The van der Waals surface area contributed by atoms with Crippen molar-refractivity contribution in [2.24, 2.45) is 0 Å². The molecule has 0 atom stereocenters. The van der Waals surface area contributed by atoms with Crippen LogP contribution in [0.5, 0.6) is 0 Å². The number of aromatic nitrogens is 6. The topological polar surface area (TPSA) is 77.3 Å². The first-order chi connectivity index (χ1) is 21.8. The van der Waals surface area contributed by atoms with E-state index in [4.69, 9.17) is 19.9 Å². The maximum Gasteiger partial charge on any atom is 0.165 e. The normalized spacial score (nSPS) is 11.2. The first-order valence-electron chi connectivity index (χ1n) is 14.4. The quantitative estimate of drug-likeness (QED) is 0.195. The second-order valence-corrected chi connectivity index (χ2v) is 10.5. The van der Waals surface area contributed by atoms with Gasteiger partial charge in [0, 0.05) is 52.4 Å². The lowest BCUT2D eigenvalue weighted by Crippen LogP contribution is -2.00. The van der Waals surface area contributed by atoms with Crippen LogP contribution in [-0.2, 0) is 0 Å². The Balaban J connectivity index is 1.31. The van der Waals surface area contributed by atoms with Crippen molar-refractivity contribution in [3.05, 3.63) is 146 Å². The molecule has 6 nitrogen and oxygen atoms in total. The molecule has 0 saturated heterocycles. The first kappa shape index (κ1) is 25.6. The van der Waals surface area contributed by atoms with Gasteiger partial charge in [-0.1, -0.05) is 78.9 Å². The van der Waals surface area contributed by atoms with Crippen molar-refractivity contribution in [3.63, 3.8) is 0 Å². The smallest absolute Gasteiger partial charge is 0.165 e. The molecule has 0 amide bonds. The summed E-state index contributed by atoms with van der Waals surface area (Å²) < 4.78 is 0. The molecule has 206 valence electrons. The van der Waals surface area contributed by atoms with Gasteiger partial charge in [-0.2, -0.15) is 0 Å². The second kappa shape index (κ2) is 10.9. The van der Waals surface area contributed by atoms with Crippen molar-refractivity contribution in [2.45, 2.75) is 0 Å². The van der Waals surface area contributed by atoms with E-state index >= 15 is 0 Å². The van der Waals surface area contributed by atoms with E-state index in [0.29, 0.717) is 17.5 Å². The highest BCUT2D eigenvalue weighted by Gasteiger charge is 2.16. The molecule has 4 aromatic heterocycles. The van der Waals surface area contributed by atoms with E-state index < -0.39 is 0 Å². The van der Waals surface area contributed by atoms with Gasteiger partial charge in [-0.3, -0.25) is 9.97 Å². The maximum atomic E-state index is 5.18. The molecule has 0 fully saturated rings. The summed E-state index contributed by atoms with van der Waals surface area (Å²) in [5.74, 6) is 1.67. The summed E-state index contributed by atoms with van der Waals surface area (Å²) in [4.78, 5) is 28.3. The number of hydrogen-bond acceptors (Lipinski definition) is 6. The van der Waals surface area contributed by atoms with Gasteiger partial charge >= 0.3 is 0 Å². The summed E-state index contributed by atoms with van der Waals surface area (Å²) in [7, 11) is 0. The van der Waals surface area contributed by atoms with Crippen molar-refractivity contribution in [1.29, 1.82) is 0 Å². The average Bonchev–Trinajstić information content (AvgIpc) is 3.12.